The number of ether oxygens (including phenoxy) is 1. The molecule has 1 aromatic heterocycles. The van der Waals surface area contributed by atoms with Crippen LogP contribution in [0.1, 0.15) is 12.8 Å². The third kappa shape index (κ3) is 3.28. The highest BCUT2D eigenvalue weighted by molar-refractivity contribution is 5.89. The summed E-state index contributed by atoms with van der Waals surface area (Å²) in [5, 5.41) is 0.823. The highest BCUT2D eigenvalue weighted by Gasteiger charge is 2.31. The molecule has 1 atom stereocenters. The van der Waals surface area contributed by atoms with E-state index in [4.69, 9.17) is 4.74 Å². The van der Waals surface area contributed by atoms with Crippen LogP contribution in [0.4, 0.5) is 10.2 Å². The number of morpholine rings is 1. The fourth-order valence-electron chi connectivity index (χ4n) is 3.68. The largest absolute Gasteiger partial charge is 0.378 e. The monoisotopic (exact) mass is 344 g/mol. The van der Waals surface area contributed by atoms with Crippen LogP contribution >= 0.6 is 0 Å². The molecule has 2 aromatic rings. The van der Waals surface area contributed by atoms with E-state index in [2.05, 4.69) is 14.9 Å². The van der Waals surface area contributed by atoms with Gasteiger partial charge in [-0.15, -0.1) is 0 Å². The molecule has 1 unspecified atom stereocenters. The van der Waals surface area contributed by atoms with Crippen LogP contribution in [-0.2, 0) is 9.53 Å². The second-order valence-corrected chi connectivity index (χ2v) is 6.58. The Morgan fingerprint density at radius 1 is 1.20 bits per heavy atom. The van der Waals surface area contributed by atoms with Crippen LogP contribution in [0.25, 0.3) is 10.9 Å². The zero-order chi connectivity index (χ0) is 17.2. The molecule has 3 heterocycles. The zero-order valence-corrected chi connectivity index (χ0v) is 14.0. The van der Waals surface area contributed by atoms with Crippen LogP contribution in [0.3, 0.4) is 0 Å². The smallest absolute Gasteiger partial charge is 0.227 e. The van der Waals surface area contributed by atoms with Crippen molar-refractivity contribution in [1.29, 1.82) is 0 Å². The molecule has 0 radical (unpaired) electrons. The Morgan fingerprint density at radius 2 is 2.04 bits per heavy atom. The first-order valence-electron chi connectivity index (χ1n) is 8.74. The van der Waals surface area contributed by atoms with Gasteiger partial charge in [0.15, 0.2) is 0 Å². The van der Waals surface area contributed by atoms with Gasteiger partial charge in [-0.25, -0.2) is 14.4 Å². The molecule has 0 aliphatic carbocycles. The average Bonchev–Trinajstić information content (AvgIpc) is 2.67. The Balaban J connectivity index is 1.56. The average molecular weight is 344 g/mol. The van der Waals surface area contributed by atoms with Crippen molar-refractivity contribution in [3.05, 3.63) is 30.3 Å². The molecule has 1 amide bonds. The van der Waals surface area contributed by atoms with E-state index in [0.717, 1.165) is 30.6 Å². The minimum absolute atomic E-state index is 0.0303. The number of halogens is 1. The summed E-state index contributed by atoms with van der Waals surface area (Å²) in [5.74, 6) is 0.648. The SMILES string of the molecule is O=C(C1CCCN(c2ncnc3cc(F)ccc23)C1)N1CCOCC1. The second-order valence-electron chi connectivity index (χ2n) is 6.58. The summed E-state index contributed by atoms with van der Waals surface area (Å²) in [6.07, 6.45) is 3.29. The third-order valence-electron chi connectivity index (χ3n) is 4.97. The quantitative estimate of drug-likeness (QED) is 0.832. The number of carbonyl (C=O) groups excluding carboxylic acids is 1. The number of rotatable bonds is 2. The van der Waals surface area contributed by atoms with Gasteiger partial charge in [0.2, 0.25) is 5.91 Å². The first-order chi connectivity index (χ1) is 12.2. The molecule has 0 spiro atoms. The summed E-state index contributed by atoms with van der Waals surface area (Å²) in [4.78, 5) is 25.4. The van der Waals surface area contributed by atoms with Gasteiger partial charge < -0.3 is 14.5 Å². The first kappa shape index (κ1) is 16.2. The van der Waals surface area contributed by atoms with Crippen molar-refractivity contribution in [3.63, 3.8) is 0 Å². The summed E-state index contributed by atoms with van der Waals surface area (Å²) in [7, 11) is 0. The molecular formula is C18H21FN4O2. The van der Waals surface area contributed by atoms with Crippen LogP contribution in [0.15, 0.2) is 24.5 Å². The van der Waals surface area contributed by atoms with E-state index < -0.39 is 0 Å². The molecule has 6 nitrogen and oxygen atoms in total. The van der Waals surface area contributed by atoms with Crippen molar-refractivity contribution in [2.75, 3.05) is 44.3 Å². The minimum Gasteiger partial charge on any atom is -0.378 e. The number of amides is 1. The molecule has 1 aromatic carbocycles. The van der Waals surface area contributed by atoms with Crippen molar-refractivity contribution in [2.45, 2.75) is 12.8 Å². The van der Waals surface area contributed by atoms with Gasteiger partial charge in [0.25, 0.3) is 0 Å². The summed E-state index contributed by atoms with van der Waals surface area (Å²) >= 11 is 0. The molecule has 0 bridgehead atoms. The highest BCUT2D eigenvalue weighted by Crippen LogP contribution is 2.28. The van der Waals surface area contributed by atoms with E-state index in [0.29, 0.717) is 38.4 Å². The molecule has 132 valence electrons. The predicted molar refractivity (Wildman–Crippen MR) is 91.8 cm³/mol. The molecule has 0 saturated carbocycles. The summed E-state index contributed by atoms with van der Waals surface area (Å²) < 4.78 is 18.8. The normalized spacial score (nSPS) is 21.6. The topological polar surface area (TPSA) is 58.6 Å². The standard InChI is InChI=1S/C18H21FN4O2/c19-14-3-4-15-16(10-14)20-12-21-17(15)23-5-1-2-13(11-23)18(24)22-6-8-25-9-7-22/h3-4,10,12-13H,1-2,5-9,11H2. The molecule has 7 heteroatoms. The van der Waals surface area contributed by atoms with Crippen LogP contribution in [0.5, 0.6) is 0 Å². The van der Waals surface area contributed by atoms with E-state index in [9.17, 15) is 9.18 Å². The van der Waals surface area contributed by atoms with Crippen LogP contribution < -0.4 is 4.90 Å². The Hall–Kier alpha value is -2.28. The highest BCUT2D eigenvalue weighted by atomic mass is 19.1. The van der Waals surface area contributed by atoms with Gasteiger partial charge in [-0.3, -0.25) is 4.79 Å². The van der Waals surface area contributed by atoms with Crippen molar-refractivity contribution in [2.24, 2.45) is 5.92 Å². The van der Waals surface area contributed by atoms with Gasteiger partial charge in [-0.2, -0.15) is 0 Å². The Morgan fingerprint density at radius 3 is 2.88 bits per heavy atom. The first-order valence-corrected chi connectivity index (χ1v) is 8.74. The fraction of sp³-hybridized carbons (Fsp3) is 0.500. The van der Waals surface area contributed by atoms with E-state index >= 15 is 0 Å². The number of nitrogens with zero attached hydrogens (tertiary/aromatic N) is 4. The van der Waals surface area contributed by atoms with Gasteiger partial charge in [0.1, 0.15) is 18.0 Å². The Kier molecular flexibility index (Phi) is 4.48. The van der Waals surface area contributed by atoms with Gasteiger partial charge in [-0.1, -0.05) is 0 Å². The van der Waals surface area contributed by atoms with Crippen LogP contribution in [0, 0.1) is 11.7 Å². The maximum atomic E-state index is 13.4. The molecular weight excluding hydrogens is 323 g/mol. The number of piperidine rings is 1. The molecule has 4 rings (SSSR count). The maximum Gasteiger partial charge on any atom is 0.227 e. The molecule has 25 heavy (non-hydrogen) atoms. The number of fused-ring (bicyclic) bond motifs is 1. The lowest BCUT2D eigenvalue weighted by molar-refractivity contribution is -0.139. The lowest BCUT2D eigenvalue weighted by Gasteiger charge is -2.37. The predicted octanol–water partition coefficient (Wildman–Crippen LogP) is 1.84. The molecule has 2 aliphatic rings. The van der Waals surface area contributed by atoms with Gasteiger partial charge in [0.05, 0.1) is 24.6 Å². The van der Waals surface area contributed by atoms with Crippen molar-refractivity contribution >= 4 is 22.6 Å². The fourth-order valence-corrected chi connectivity index (χ4v) is 3.68. The summed E-state index contributed by atoms with van der Waals surface area (Å²) in [6, 6.07) is 4.56. The molecule has 2 aliphatic heterocycles. The van der Waals surface area contributed by atoms with Gasteiger partial charge in [0, 0.05) is 37.6 Å². The number of aromatic nitrogens is 2. The van der Waals surface area contributed by atoms with Crippen LogP contribution in [-0.4, -0.2) is 60.2 Å². The number of anilines is 1. The van der Waals surface area contributed by atoms with Gasteiger partial charge in [-0.05, 0) is 25.0 Å². The van der Waals surface area contributed by atoms with Crippen LogP contribution in [0.2, 0.25) is 0 Å². The van der Waals surface area contributed by atoms with E-state index in [-0.39, 0.29) is 17.6 Å². The number of carbonyl (C=O) groups is 1. The lowest BCUT2D eigenvalue weighted by Crippen LogP contribution is -2.48. The van der Waals surface area contributed by atoms with Crippen molar-refractivity contribution in [3.8, 4) is 0 Å². The third-order valence-corrected chi connectivity index (χ3v) is 4.97. The Bertz CT molecular complexity index is 779. The number of hydrogen-bond acceptors (Lipinski definition) is 5. The summed E-state index contributed by atoms with van der Waals surface area (Å²) in [5.41, 5.74) is 0.589. The van der Waals surface area contributed by atoms with Crippen molar-refractivity contribution in [1.82, 2.24) is 14.9 Å². The molecule has 0 N–H and O–H groups in total. The maximum absolute atomic E-state index is 13.4. The second kappa shape index (κ2) is 6.92. The molecule has 2 fully saturated rings. The van der Waals surface area contributed by atoms with Gasteiger partial charge >= 0.3 is 0 Å². The molecule has 2 saturated heterocycles. The summed E-state index contributed by atoms with van der Waals surface area (Å²) in [6.45, 7) is 4.06. The number of hydrogen-bond donors (Lipinski definition) is 0. The van der Waals surface area contributed by atoms with E-state index in [1.54, 1.807) is 6.07 Å². The van der Waals surface area contributed by atoms with Crippen molar-refractivity contribution < 1.29 is 13.9 Å². The number of benzene rings is 1. The lowest BCUT2D eigenvalue weighted by atomic mass is 9.96. The Labute approximate surface area is 145 Å². The van der Waals surface area contributed by atoms with E-state index in [1.807, 2.05) is 4.90 Å². The zero-order valence-electron chi connectivity index (χ0n) is 14.0. The minimum atomic E-state index is -0.309. The van der Waals surface area contributed by atoms with E-state index in [1.165, 1.54) is 18.5 Å².